The van der Waals surface area contributed by atoms with Gasteiger partial charge >= 0.3 is 0 Å². The van der Waals surface area contributed by atoms with Crippen LogP contribution in [0.25, 0.3) is 0 Å². The van der Waals surface area contributed by atoms with Crippen LogP contribution in [0.2, 0.25) is 0 Å². The number of rotatable bonds is 4. The summed E-state index contributed by atoms with van der Waals surface area (Å²) in [7, 11) is 0. The average Bonchev–Trinajstić information content (AvgIpc) is 2.47. The zero-order valence-corrected chi connectivity index (χ0v) is 8.40. The second kappa shape index (κ2) is 4.40. The minimum atomic E-state index is 0.560. The fourth-order valence-electron chi connectivity index (χ4n) is 1.26. The van der Waals surface area contributed by atoms with E-state index < -0.39 is 0 Å². The molecule has 12 heavy (non-hydrogen) atoms. The molecule has 1 heterocycles. The molecule has 0 spiro atoms. The van der Waals surface area contributed by atoms with Gasteiger partial charge in [-0.15, -0.1) is 10.2 Å². The maximum atomic E-state index is 5.51. The van der Waals surface area contributed by atoms with Gasteiger partial charge in [-0.3, -0.25) is 0 Å². The van der Waals surface area contributed by atoms with Crippen LogP contribution in [0, 0.1) is 0 Å². The van der Waals surface area contributed by atoms with Crippen LogP contribution >= 0.6 is 11.3 Å². The summed E-state index contributed by atoms with van der Waals surface area (Å²) in [4.78, 5) is 0. The Kier molecular flexibility index (Phi) is 3.47. The topological polar surface area (TPSA) is 51.8 Å². The lowest BCUT2D eigenvalue weighted by Gasteiger charge is -2.07. The average molecular weight is 185 g/mol. The number of hydrogen-bond acceptors (Lipinski definition) is 4. The van der Waals surface area contributed by atoms with Crippen molar-refractivity contribution >= 4 is 16.5 Å². The largest absolute Gasteiger partial charge is 0.374 e. The number of nitrogens with two attached hydrogens (primary N) is 1. The molecule has 0 radical (unpaired) electrons. The molecule has 1 aromatic heterocycles. The molecule has 0 saturated heterocycles. The first-order chi connectivity index (χ1) is 5.77. The summed E-state index contributed by atoms with van der Waals surface area (Å²) in [6.07, 6.45) is 3.51. The smallest absolute Gasteiger partial charge is 0.203 e. The fourth-order valence-corrected chi connectivity index (χ4v) is 2.09. The zero-order valence-electron chi connectivity index (χ0n) is 7.58. The highest BCUT2D eigenvalue weighted by Crippen LogP contribution is 2.27. The van der Waals surface area contributed by atoms with E-state index in [1.54, 1.807) is 0 Å². The van der Waals surface area contributed by atoms with Crippen molar-refractivity contribution in [3.05, 3.63) is 5.01 Å². The van der Waals surface area contributed by atoms with Crippen molar-refractivity contribution in [2.24, 2.45) is 0 Å². The lowest BCUT2D eigenvalue weighted by atomic mass is 10.0. The number of anilines is 1. The van der Waals surface area contributed by atoms with Gasteiger partial charge < -0.3 is 5.73 Å². The Bertz CT molecular complexity index is 234. The quantitative estimate of drug-likeness (QED) is 0.783. The monoisotopic (exact) mass is 185 g/mol. The van der Waals surface area contributed by atoms with E-state index in [1.165, 1.54) is 24.2 Å². The molecule has 68 valence electrons. The number of nitrogens with zero attached hydrogens (tertiary/aromatic N) is 2. The standard InChI is InChI=1S/C8H15N3S/c1-3-5-6(4-2)7-10-11-8(9)12-7/h6H,3-5H2,1-2H3,(H2,9,11). The molecule has 1 atom stereocenters. The molecule has 1 unspecified atom stereocenters. The summed E-state index contributed by atoms with van der Waals surface area (Å²) in [6.45, 7) is 4.37. The molecule has 4 heteroatoms. The van der Waals surface area contributed by atoms with Crippen molar-refractivity contribution in [2.45, 2.75) is 39.0 Å². The molecule has 2 N–H and O–H groups in total. The van der Waals surface area contributed by atoms with Crippen LogP contribution in [-0.2, 0) is 0 Å². The highest BCUT2D eigenvalue weighted by atomic mass is 32.1. The molecule has 0 fully saturated rings. The lowest BCUT2D eigenvalue weighted by Crippen LogP contribution is -1.95. The molecule has 0 bridgehead atoms. The Hall–Kier alpha value is -0.640. The number of nitrogen functional groups attached to an aromatic ring is 1. The second-order valence-electron chi connectivity index (χ2n) is 2.87. The highest BCUT2D eigenvalue weighted by molar-refractivity contribution is 7.15. The maximum absolute atomic E-state index is 5.51. The van der Waals surface area contributed by atoms with Crippen molar-refractivity contribution in [1.82, 2.24) is 10.2 Å². The van der Waals surface area contributed by atoms with E-state index in [-0.39, 0.29) is 0 Å². The number of hydrogen-bond donors (Lipinski definition) is 1. The summed E-state index contributed by atoms with van der Waals surface area (Å²) < 4.78 is 0. The Labute approximate surface area is 77.0 Å². The van der Waals surface area contributed by atoms with Crippen LogP contribution in [-0.4, -0.2) is 10.2 Å². The molecule has 3 nitrogen and oxygen atoms in total. The van der Waals surface area contributed by atoms with Crippen molar-refractivity contribution < 1.29 is 0 Å². The number of aromatic nitrogens is 2. The van der Waals surface area contributed by atoms with E-state index in [0.29, 0.717) is 11.0 Å². The Morgan fingerprint density at radius 1 is 1.42 bits per heavy atom. The maximum Gasteiger partial charge on any atom is 0.203 e. The van der Waals surface area contributed by atoms with Crippen molar-refractivity contribution in [3.8, 4) is 0 Å². The molecule has 0 aliphatic heterocycles. The van der Waals surface area contributed by atoms with Gasteiger partial charge in [0.25, 0.3) is 0 Å². The van der Waals surface area contributed by atoms with Crippen LogP contribution in [0.4, 0.5) is 5.13 Å². The van der Waals surface area contributed by atoms with E-state index in [0.717, 1.165) is 11.4 Å². The van der Waals surface area contributed by atoms with Crippen LogP contribution in [0.1, 0.15) is 44.0 Å². The van der Waals surface area contributed by atoms with E-state index in [2.05, 4.69) is 24.0 Å². The van der Waals surface area contributed by atoms with Crippen LogP contribution < -0.4 is 5.73 Å². The predicted octanol–water partition coefficient (Wildman–Crippen LogP) is 2.41. The predicted molar refractivity (Wildman–Crippen MR) is 52.3 cm³/mol. The van der Waals surface area contributed by atoms with Gasteiger partial charge in [-0.05, 0) is 12.8 Å². The van der Waals surface area contributed by atoms with Gasteiger partial charge in [0.05, 0.1) is 0 Å². The van der Waals surface area contributed by atoms with Gasteiger partial charge in [-0.2, -0.15) is 0 Å². The van der Waals surface area contributed by atoms with Crippen LogP contribution in [0.3, 0.4) is 0 Å². The summed E-state index contributed by atoms with van der Waals surface area (Å²) in [5, 5.41) is 9.54. The molecule has 0 aliphatic carbocycles. The van der Waals surface area contributed by atoms with Gasteiger partial charge in [-0.25, -0.2) is 0 Å². The lowest BCUT2D eigenvalue weighted by molar-refractivity contribution is 0.587. The van der Waals surface area contributed by atoms with Gasteiger partial charge in [0.1, 0.15) is 5.01 Å². The van der Waals surface area contributed by atoms with E-state index >= 15 is 0 Å². The Morgan fingerprint density at radius 3 is 2.58 bits per heavy atom. The third kappa shape index (κ3) is 2.17. The van der Waals surface area contributed by atoms with Gasteiger partial charge in [0, 0.05) is 5.92 Å². The molecule has 0 amide bonds. The summed E-state index contributed by atoms with van der Waals surface area (Å²) in [5.74, 6) is 0.560. The first kappa shape index (κ1) is 9.45. The highest BCUT2D eigenvalue weighted by Gasteiger charge is 2.12. The molecular formula is C8H15N3S. The molecule has 1 rings (SSSR count). The Balaban J connectivity index is 2.66. The SMILES string of the molecule is CCCC(CC)c1nnc(N)s1. The van der Waals surface area contributed by atoms with Crippen molar-refractivity contribution in [3.63, 3.8) is 0 Å². The molecule has 1 aromatic rings. The van der Waals surface area contributed by atoms with E-state index in [4.69, 9.17) is 5.73 Å². The molecule has 0 saturated carbocycles. The summed E-state index contributed by atoms with van der Waals surface area (Å²) in [5.41, 5.74) is 5.51. The van der Waals surface area contributed by atoms with Crippen LogP contribution in [0.5, 0.6) is 0 Å². The first-order valence-electron chi connectivity index (χ1n) is 4.36. The van der Waals surface area contributed by atoms with Gasteiger partial charge in [0.2, 0.25) is 5.13 Å². The third-order valence-corrected chi connectivity index (χ3v) is 2.85. The minimum Gasteiger partial charge on any atom is -0.374 e. The van der Waals surface area contributed by atoms with E-state index in [9.17, 15) is 0 Å². The van der Waals surface area contributed by atoms with Crippen molar-refractivity contribution in [2.75, 3.05) is 5.73 Å². The minimum absolute atomic E-state index is 0.560. The molecule has 0 aliphatic rings. The Morgan fingerprint density at radius 2 is 2.17 bits per heavy atom. The molecular weight excluding hydrogens is 170 g/mol. The first-order valence-corrected chi connectivity index (χ1v) is 5.18. The zero-order chi connectivity index (χ0) is 8.97. The third-order valence-electron chi connectivity index (χ3n) is 1.94. The van der Waals surface area contributed by atoms with Gasteiger partial charge in [-0.1, -0.05) is 31.6 Å². The van der Waals surface area contributed by atoms with Gasteiger partial charge in [0.15, 0.2) is 0 Å². The normalized spacial score (nSPS) is 13.2. The fraction of sp³-hybridized carbons (Fsp3) is 0.750. The summed E-state index contributed by atoms with van der Waals surface area (Å²) in [6, 6.07) is 0. The molecule has 0 aromatic carbocycles. The summed E-state index contributed by atoms with van der Waals surface area (Å²) >= 11 is 1.52. The van der Waals surface area contributed by atoms with Crippen molar-refractivity contribution in [1.29, 1.82) is 0 Å². The van der Waals surface area contributed by atoms with E-state index in [1.807, 2.05) is 0 Å². The second-order valence-corrected chi connectivity index (χ2v) is 3.91. The van der Waals surface area contributed by atoms with Crippen LogP contribution in [0.15, 0.2) is 0 Å².